The van der Waals surface area contributed by atoms with Crippen molar-refractivity contribution in [3.05, 3.63) is 29.8 Å². The second-order valence-electron chi connectivity index (χ2n) is 4.90. The van der Waals surface area contributed by atoms with Gasteiger partial charge in [-0.15, -0.1) is 11.8 Å². The van der Waals surface area contributed by atoms with Gasteiger partial charge in [0.05, 0.1) is 5.92 Å². The van der Waals surface area contributed by atoms with Gasteiger partial charge < -0.3 is 5.11 Å². The fraction of sp³-hybridized carbons (Fsp3) is 0.467. The van der Waals surface area contributed by atoms with E-state index in [0.717, 1.165) is 17.7 Å². The molecule has 19 heavy (non-hydrogen) atoms. The van der Waals surface area contributed by atoms with Crippen molar-refractivity contribution in [3.8, 4) is 0 Å². The first kappa shape index (κ1) is 14.1. The molecule has 0 radical (unpaired) electrons. The topological polar surface area (TPSA) is 54.4 Å². The average Bonchev–Trinajstić information content (AvgIpc) is 2.46. The van der Waals surface area contributed by atoms with Crippen molar-refractivity contribution >= 4 is 23.5 Å². The molecule has 1 fully saturated rings. The van der Waals surface area contributed by atoms with Crippen LogP contribution >= 0.6 is 11.8 Å². The molecule has 0 heterocycles. The molecule has 2 rings (SSSR count). The average molecular weight is 278 g/mol. The maximum atomic E-state index is 12.6. The van der Waals surface area contributed by atoms with Crippen molar-refractivity contribution in [2.75, 3.05) is 6.26 Å². The van der Waals surface area contributed by atoms with Gasteiger partial charge in [-0.05, 0) is 25.2 Å². The highest BCUT2D eigenvalue weighted by molar-refractivity contribution is 7.98. The van der Waals surface area contributed by atoms with Gasteiger partial charge in [0, 0.05) is 16.4 Å². The molecular weight excluding hydrogens is 260 g/mol. The maximum Gasteiger partial charge on any atom is 0.307 e. The van der Waals surface area contributed by atoms with Crippen molar-refractivity contribution in [2.45, 2.75) is 30.6 Å². The molecule has 3 nitrogen and oxygen atoms in total. The quantitative estimate of drug-likeness (QED) is 0.676. The van der Waals surface area contributed by atoms with Gasteiger partial charge >= 0.3 is 5.97 Å². The lowest BCUT2D eigenvalue weighted by Crippen LogP contribution is -2.32. The standard InChI is InChI=1S/C15H18O3S/c1-19-13-9-5-4-8-12(13)14(16)10-6-2-3-7-11(10)15(17)18/h4-5,8-11H,2-3,6-7H2,1H3,(H,17,18). The molecule has 0 aromatic heterocycles. The Morgan fingerprint density at radius 1 is 1.16 bits per heavy atom. The molecule has 1 aromatic rings. The third-order valence-electron chi connectivity index (χ3n) is 3.79. The number of Topliss-reactive ketones (excluding diaryl/α,β-unsaturated/α-hetero) is 1. The van der Waals surface area contributed by atoms with Gasteiger partial charge in [-0.1, -0.05) is 31.0 Å². The zero-order valence-electron chi connectivity index (χ0n) is 11.0. The molecule has 1 aliphatic carbocycles. The van der Waals surface area contributed by atoms with Crippen LogP contribution < -0.4 is 0 Å². The van der Waals surface area contributed by atoms with Crippen molar-refractivity contribution in [1.29, 1.82) is 0 Å². The van der Waals surface area contributed by atoms with Crippen LogP contribution in [-0.2, 0) is 4.79 Å². The SMILES string of the molecule is CSc1ccccc1C(=O)C1CCCCC1C(=O)O. The summed E-state index contributed by atoms with van der Waals surface area (Å²) in [4.78, 5) is 24.8. The fourth-order valence-electron chi connectivity index (χ4n) is 2.79. The van der Waals surface area contributed by atoms with Gasteiger partial charge in [0.15, 0.2) is 5.78 Å². The van der Waals surface area contributed by atoms with E-state index in [1.54, 1.807) is 0 Å². The molecule has 4 heteroatoms. The molecule has 2 unspecified atom stereocenters. The summed E-state index contributed by atoms with van der Waals surface area (Å²) in [6, 6.07) is 7.46. The number of carboxylic acids is 1. The van der Waals surface area contributed by atoms with Crippen LogP contribution in [0.3, 0.4) is 0 Å². The van der Waals surface area contributed by atoms with Gasteiger partial charge in [-0.25, -0.2) is 0 Å². The Morgan fingerprint density at radius 2 is 1.79 bits per heavy atom. The van der Waals surface area contributed by atoms with E-state index in [0.29, 0.717) is 18.4 Å². The minimum absolute atomic E-state index is 0.00273. The molecule has 0 saturated heterocycles. The Bertz CT molecular complexity index is 484. The summed E-state index contributed by atoms with van der Waals surface area (Å²) in [6.45, 7) is 0. The summed E-state index contributed by atoms with van der Waals surface area (Å²) >= 11 is 1.53. The zero-order chi connectivity index (χ0) is 13.8. The van der Waals surface area contributed by atoms with Crippen LogP contribution in [0.25, 0.3) is 0 Å². The molecule has 0 amide bonds. The molecule has 1 aliphatic rings. The summed E-state index contributed by atoms with van der Waals surface area (Å²) in [5, 5.41) is 9.27. The van der Waals surface area contributed by atoms with Gasteiger partial charge in [-0.2, -0.15) is 0 Å². The van der Waals surface area contributed by atoms with Gasteiger partial charge in [-0.3, -0.25) is 9.59 Å². The first-order chi connectivity index (χ1) is 9.15. The van der Waals surface area contributed by atoms with Crippen molar-refractivity contribution in [2.24, 2.45) is 11.8 Å². The van der Waals surface area contributed by atoms with E-state index >= 15 is 0 Å². The van der Waals surface area contributed by atoms with Crippen molar-refractivity contribution < 1.29 is 14.7 Å². The van der Waals surface area contributed by atoms with Crippen LogP contribution in [0.1, 0.15) is 36.0 Å². The minimum atomic E-state index is -0.834. The van der Waals surface area contributed by atoms with E-state index in [-0.39, 0.29) is 11.7 Å². The number of benzene rings is 1. The number of aliphatic carboxylic acids is 1. The molecule has 1 N–H and O–H groups in total. The van der Waals surface area contributed by atoms with Crippen LogP contribution in [0.2, 0.25) is 0 Å². The van der Waals surface area contributed by atoms with Crippen LogP contribution in [0.15, 0.2) is 29.2 Å². The second-order valence-corrected chi connectivity index (χ2v) is 5.75. The summed E-state index contributed by atoms with van der Waals surface area (Å²) in [5.41, 5.74) is 0.674. The van der Waals surface area contributed by atoms with Crippen molar-refractivity contribution in [3.63, 3.8) is 0 Å². The number of carbonyl (C=O) groups excluding carboxylic acids is 1. The second kappa shape index (κ2) is 6.24. The number of hydrogen-bond acceptors (Lipinski definition) is 3. The van der Waals surface area contributed by atoms with Crippen LogP contribution in [-0.4, -0.2) is 23.1 Å². The maximum absolute atomic E-state index is 12.6. The lowest BCUT2D eigenvalue weighted by Gasteiger charge is -2.27. The number of thioether (sulfide) groups is 1. The number of carboxylic acid groups (broad SMARTS) is 1. The van der Waals surface area contributed by atoms with E-state index in [2.05, 4.69) is 0 Å². The fourth-order valence-corrected chi connectivity index (χ4v) is 3.39. The normalized spacial score (nSPS) is 23.0. The highest BCUT2D eigenvalue weighted by Crippen LogP contribution is 2.34. The summed E-state index contributed by atoms with van der Waals surface area (Å²) in [6.07, 6.45) is 5.10. The Kier molecular flexibility index (Phi) is 4.64. The minimum Gasteiger partial charge on any atom is -0.481 e. The van der Waals surface area contributed by atoms with Gasteiger partial charge in [0.2, 0.25) is 0 Å². The summed E-state index contributed by atoms with van der Waals surface area (Å²) in [7, 11) is 0. The number of ketones is 1. The predicted molar refractivity (Wildman–Crippen MR) is 75.6 cm³/mol. The lowest BCUT2D eigenvalue weighted by atomic mass is 9.75. The number of rotatable bonds is 4. The lowest BCUT2D eigenvalue weighted by molar-refractivity contribution is -0.144. The van der Waals surface area contributed by atoms with E-state index in [1.165, 1.54) is 11.8 Å². The van der Waals surface area contributed by atoms with Crippen LogP contribution in [0.5, 0.6) is 0 Å². The molecular formula is C15H18O3S. The van der Waals surface area contributed by atoms with Crippen molar-refractivity contribution in [1.82, 2.24) is 0 Å². The highest BCUT2D eigenvalue weighted by atomic mass is 32.2. The molecule has 2 atom stereocenters. The third kappa shape index (κ3) is 3.00. The smallest absolute Gasteiger partial charge is 0.307 e. The van der Waals surface area contributed by atoms with E-state index in [1.807, 2.05) is 30.5 Å². The molecule has 0 bridgehead atoms. The Hall–Kier alpha value is -1.29. The predicted octanol–water partition coefficient (Wildman–Crippen LogP) is 3.48. The Labute approximate surface area is 117 Å². The first-order valence-corrected chi connectivity index (χ1v) is 7.77. The zero-order valence-corrected chi connectivity index (χ0v) is 11.8. The molecule has 102 valence electrons. The summed E-state index contributed by atoms with van der Waals surface area (Å²) in [5.74, 6) is -1.72. The molecule has 1 aromatic carbocycles. The van der Waals surface area contributed by atoms with E-state index < -0.39 is 11.9 Å². The number of carbonyl (C=O) groups is 2. The monoisotopic (exact) mass is 278 g/mol. The van der Waals surface area contributed by atoms with Crippen LogP contribution in [0.4, 0.5) is 0 Å². The summed E-state index contributed by atoms with van der Waals surface area (Å²) < 4.78 is 0. The first-order valence-electron chi connectivity index (χ1n) is 6.55. The molecule has 0 spiro atoms. The molecule has 0 aliphatic heterocycles. The highest BCUT2D eigenvalue weighted by Gasteiger charge is 2.36. The largest absolute Gasteiger partial charge is 0.481 e. The van der Waals surface area contributed by atoms with Crippen LogP contribution in [0, 0.1) is 11.8 Å². The van der Waals surface area contributed by atoms with Gasteiger partial charge in [0.25, 0.3) is 0 Å². The Balaban J connectivity index is 2.29. The Morgan fingerprint density at radius 3 is 2.42 bits per heavy atom. The van der Waals surface area contributed by atoms with E-state index in [9.17, 15) is 14.7 Å². The van der Waals surface area contributed by atoms with Gasteiger partial charge in [0.1, 0.15) is 0 Å². The molecule has 1 saturated carbocycles. The number of hydrogen-bond donors (Lipinski definition) is 1. The van der Waals surface area contributed by atoms with E-state index in [4.69, 9.17) is 0 Å². The third-order valence-corrected chi connectivity index (χ3v) is 4.59.